The Morgan fingerprint density at radius 2 is 1.98 bits per heavy atom. The molecule has 2 fully saturated rings. The number of imidazole rings is 1. The van der Waals surface area contributed by atoms with Crippen LogP contribution >= 0.6 is 11.6 Å². The van der Waals surface area contributed by atoms with Crippen LogP contribution in [0.1, 0.15) is 65.6 Å². The number of halogens is 2. The van der Waals surface area contributed by atoms with E-state index in [0.29, 0.717) is 24.5 Å². The van der Waals surface area contributed by atoms with Gasteiger partial charge in [-0.2, -0.15) is 0 Å². The van der Waals surface area contributed by atoms with Crippen molar-refractivity contribution in [1.29, 1.82) is 0 Å². The van der Waals surface area contributed by atoms with Crippen molar-refractivity contribution in [1.82, 2.24) is 19.4 Å². The minimum absolute atomic E-state index is 0.101. The lowest BCUT2D eigenvalue weighted by atomic mass is 9.87. The SMILES string of the molecule is [2H][C@]1(c2ccc(Cl)cc2F)C=Cc2cccc(C3CCN(Cc4nc5ccc(C(=O)OC)nc5n4C[C@@H]4CCO4)CC3)c2O1. The maximum atomic E-state index is 14.8. The Morgan fingerprint density at radius 1 is 1.14 bits per heavy atom. The highest BCUT2D eigenvalue weighted by Crippen LogP contribution is 2.42. The number of ether oxygens (including phenoxy) is 3. The van der Waals surface area contributed by atoms with Crippen molar-refractivity contribution < 1.29 is 24.8 Å². The Bertz CT molecular complexity index is 1770. The van der Waals surface area contributed by atoms with Gasteiger partial charge in [0, 0.05) is 22.8 Å². The lowest BCUT2D eigenvalue weighted by Gasteiger charge is -2.34. The second-order valence-corrected chi connectivity index (χ2v) is 11.6. The standard InChI is InChI=1S/C33H32ClFN4O4/c1-41-33(40)28-9-8-27-32(37-28)39(18-23-13-16-42-23)30(36-27)19-38-14-11-20(12-15-38)24-4-2-3-21-5-10-29(43-31(21)24)25-7-6-22(34)17-26(25)35/h2-10,17,20,23,29H,11-16,18-19H2,1H3/t23-,29+/m0/s1/i29D. The number of esters is 1. The summed E-state index contributed by atoms with van der Waals surface area (Å²) in [6.07, 6.45) is 4.59. The molecule has 8 nitrogen and oxygen atoms in total. The lowest BCUT2D eigenvalue weighted by molar-refractivity contribution is -0.0593. The predicted octanol–water partition coefficient (Wildman–Crippen LogP) is 6.33. The fourth-order valence-corrected chi connectivity index (χ4v) is 6.26. The molecule has 222 valence electrons. The second-order valence-electron chi connectivity index (χ2n) is 11.2. The van der Waals surface area contributed by atoms with Gasteiger partial charge in [-0.15, -0.1) is 0 Å². The fourth-order valence-electron chi connectivity index (χ4n) is 6.10. The van der Waals surface area contributed by atoms with Gasteiger partial charge in [-0.1, -0.05) is 41.9 Å². The molecule has 0 amide bonds. The number of aromatic nitrogens is 3. The molecule has 2 aromatic heterocycles. The van der Waals surface area contributed by atoms with Gasteiger partial charge in [0.2, 0.25) is 0 Å². The number of pyridine rings is 1. The number of para-hydroxylation sites is 1. The van der Waals surface area contributed by atoms with Gasteiger partial charge in [0.25, 0.3) is 0 Å². The highest BCUT2D eigenvalue weighted by atomic mass is 35.5. The van der Waals surface area contributed by atoms with Crippen molar-refractivity contribution in [2.24, 2.45) is 0 Å². The van der Waals surface area contributed by atoms with Crippen molar-refractivity contribution >= 4 is 34.8 Å². The zero-order valence-corrected chi connectivity index (χ0v) is 24.5. The van der Waals surface area contributed by atoms with Crippen LogP contribution in [0.3, 0.4) is 0 Å². The molecule has 0 bridgehead atoms. The van der Waals surface area contributed by atoms with Crippen molar-refractivity contribution in [3.8, 4) is 5.75 Å². The van der Waals surface area contributed by atoms with Gasteiger partial charge < -0.3 is 18.8 Å². The van der Waals surface area contributed by atoms with Gasteiger partial charge in [-0.05, 0) is 74.2 Å². The molecule has 0 saturated carbocycles. The summed E-state index contributed by atoms with van der Waals surface area (Å²) < 4.78 is 42.8. The molecule has 43 heavy (non-hydrogen) atoms. The first-order chi connectivity index (χ1) is 21.3. The third-order valence-electron chi connectivity index (χ3n) is 8.54. The van der Waals surface area contributed by atoms with E-state index in [-0.39, 0.29) is 28.3 Å². The lowest BCUT2D eigenvalue weighted by Crippen LogP contribution is -2.35. The molecule has 0 spiro atoms. The monoisotopic (exact) mass is 603 g/mol. The van der Waals surface area contributed by atoms with E-state index >= 15 is 0 Å². The van der Waals surface area contributed by atoms with Gasteiger partial charge in [-0.25, -0.2) is 19.2 Å². The van der Waals surface area contributed by atoms with E-state index in [2.05, 4.69) is 20.5 Å². The van der Waals surface area contributed by atoms with Crippen LogP contribution in [0.15, 0.2) is 54.6 Å². The summed E-state index contributed by atoms with van der Waals surface area (Å²) in [7, 11) is 1.35. The van der Waals surface area contributed by atoms with Gasteiger partial charge in [0.15, 0.2) is 11.3 Å². The van der Waals surface area contributed by atoms with Gasteiger partial charge >= 0.3 is 5.97 Å². The summed E-state index contributed by atoms with van der Waals surface area (Å²) in [5.41, 5.74) is 3.68. The summed E-state index contributed by atoms with van der Waals surface area (Å²) >= 11 is 5.96. The average Bonchev–Trinajstić information content (AvgIpc) is 3.34. The van der Waals surface area contributed by atoms with E-state index in [0.717, 1.165) is 61.4 Å². The number of carbonyl (C=O) groups is 1. The second kappa shape index (κ2) is 11.7. The van der Waals surface area contributed by atoms with Crippen LogP contribution in [0.4, 0.5) is 4.39 Å². The number of rotatable bonds is 7. The van der Waals surface area contributed by atoms with Gasteiger partial charge in [-0.3, -0.25) is 4.90 Å². The Hall–Kier alpha value is -3.79. The Kier molecular flexibility index (Phi) is 7.30. The molecule has 3 aliphatic rings. The van der Waals surface area contributed by atoms with Crippen molar-refractivity contribution in [3.05, 3.63) is 93.7 Å². The van der Waals surface area contributed by atoms with Crippen molar-refractivity contribution in [2.45, 2.75) is 50.5 Å². The number of likely N-dealkylation sites (tertiary alicyclic amines) is 1. The van der Waals surface area contributed by atoms with E-state index < -0.39 is 17.9 Å². The van der Waals surface area contributed by atoms with Crippen LogP contribution in [-0.2, 0) is 22.6 Å². The first-order valence-corrected chi connectivity index (χ1v) is 14.9. The quantitative estimate of drug-likeness (QED) is 0.229. The molecule has 4 aromatic rings. The largest absolute Gasteiger partial charge is 0.481 e. The maximum Gasteiger partial charge on any atom is 0.356 e. The highest BCUT2D eigenvalue weighted by Gasteiger charge is 2.29. The van der Waals surface area contributed by atoms with E-state index in [1.54, 1.807) is 18.2 Å². The van der Waals surface area contributed by atoms with Crippen molar-refractivity contribution in [3.63, 3.8) is 0 Å². The first kappa shape index (κ1) is 26.8. The maximum absolute atomic E-state index is 14.8. The fraction of sp³-hybridized carbons (Fsp3) is 0.364. The van der Waals surface area contributed by atoms with Crippen LogP contribution < -0.4 is 4.74 Å². The topological polar surface area (TPSA) is 78.7 Å². The van der Waals surface area contributed by atoms with Gasteiger partial charge in [0.05, 0.1) is 27.7 Å². The minimum Gasteiger partial charge on any atom is -0.481 e. The van der Waals surface area contributed by atoms with Crippen LogP contribution in [0.25, 0.3) is 17.2 Å². The molecule has 2 saturated heterocycles. The predicted molar refractivity (Wildman–Crippen MR) is 161 cm³/mol. The Balaban J connectivity index is 1.09. The first-order valence-electron chi connectivity index (χ1n) is 15.1. The number of nitrogens with zero attached hydrogens (tertiary/aromatic N) is 4. The average molecular weight is 604 g/mol. The molecule has 2 aromatic carbocycles. The molecule has 0 aliphatic carbocycles. The smallest absolute Gasteiger partial charge is 0.356 e. The third-order valence-corrected chi connectivity index (χ3v) is 8.77. The summed E-state index contributed by atoms with van der Waals surface area (Å²) in [4.78, 5) is 24.0. The number of benzene rings is 2. The molecule has 3 aliphatic heterocycles. The molecule has 5 heterocycles. The molecule has 0 unspecified atom stereocenters. The number of carbonyl (C=O) groups excluding carboxylic acids is 1. The number of fused-ring (bicyclic) bond motifs is 2. The van der Waals surface area contributed by atoms with E-state index in [1.807, 2.05) is 24.3 Å². The molecular weight excluding hydrogens is 571 g/mol. The minimum atomic E-state index is -1.69. The number of methoxy groups -OCH3 is 1. The zero-order valence-electron chi connectivity index (χ0n) is 24.8. The Morgan fingerprint density at radius 3 is 2.72 bits per heavy atom. The van der Waals surface area contributed by atoms with Crippen LogP contribution in [0.2, 0.25) is 5.02 Å². The molecule has 10 heteroatoms. The third kappa shape index (κ3) is 5.53. The summed E-state index contributed by atoms with van der Waals surface area (Å²) in [6.45, 7) is 3.70. The Labute approximate surface area is 255 Å². The van der Waals surface area contributed by atoms with E-state index in [9.17, 15) is 9.18 Å². The van der Waals surface area contributed by atoms with Gasteiger partial charge in [0.1, 0.15) is 29.0 Å². The number of piperidine rings is 1. The molecule has 0 N–H and O–H groups in total. The van der Waals surface area contributed by atoms with Crippen LogP contribution in [0, 0.1) is 5.82 Å². The summed E-state index contributed by atoms with van der Waals surface area (Å²) in [5.74, 6) is 0.689. The molecular formula is C33H32ClFN4O4. The molecule has 0 radical (unpaired) electrons. The zero-order chi connectivity index (χ0) is 30.4. The van der Waals surface area contributed by atoms with Crippen molar-refractivity contribution in [2.75, 3.05) is 26.8 Å². The number of hydrogen-bond donors (Lipinski definition) is 0. The summed E-state index contributed by atoms with van der Waals surface area (Å²) in [5, 5.41) is 0.275. The van der Waals surface area contributed by atoms with Crippen LogP contribution in [0.5, 0.6) is 5.75 Å². The van der Waals surface area contributed by atoms with E-state index in [4.69, 9.17) is 32.2 Å². The number of hydrogen-bond acceptors (Lipinski definition) is 7. The molecule has 2 atom stereocenters. The normalized spacial score (nSPS) is 22.5. The molecule has 7 rings (SSSR count). The van der Waals surface area contributed by atoms with Crippen LogP contribution in [-0.4, -0.2) is 58.3 Å². The highest BCUT2D eigenvalue weighted by molar-refractivity contribution is 6.30. The summed E-state index contributed by atoms with van der Waals surface area (Å²) in [6, 6.07) is 13.8. The van der Waals surface area contributed by atoms with E-state index in [1.165, 1.54) is 19.2 Å².